The van der Waals surface area contributed by atoms with Gasteiger partial charge in [-0.1, -0.05) is 54.6 Å². The molecule has 0 saturated heterocycles. The van der Waals surface area contributed by atoms with Crippen molar-refractivity contribution >= 4 is 0 Å². The van der Waals surface area contributed by atoms with Crippen molar-refractivity contribution < 1.29 is 9.84 Å². The molecule has 1 atom stereocenters. The number of aliphatic hydroxyl groups excluding tert-OH is 1. The number of benzene rings is 2. The van der Waals surface area contributed by atoms with Gasteiger partial charge >= 0.3 is 0 Å². The Labute approximate surface area is 108 Å². The summed E-state index contributed by atoms with van der Waals surface area (Å²) in [5, 5.41) is 8.95. The van der Waals surface area contributed by atoms with Crippen LogP contribution in [0.1, 0.15) is 22.8 Å². The largest absolute Gasteiger partial charge is 0.394 e. The number of aryl methyl sites for hydroxylation is 1. The van der Waals surface area contributed by atoms with Crippen LogP contribution < -0.4 is 0 Å². The average molecular weight is 242 g/mol. The first kappa shape index (κ1) is 12.8. The van der Waals surface area contributed by atoms with Crippen molar-refractivity contribution in [1.82, 2.24) is 0 Å². The van der Waals surface area contributed by atoms with Crippen molar-refractivity contribution in [2.24, 2.45) is 0 Å². The summed E-state index contributed by atoms with van der Waals surface area (Å²) in [6.07, 6.45) is -0.112. The van der Waals surface area contributed by atoms with E-state index in [-0.39, 0.29) is 12.7 Å². The maximum Gasteiger partial charge on any atom is 0.108 e. The fraction of sp³-hybridized carbons (Fsp3) is 0.250. The average Bonchev–Trinajstić information content (AvgIpc) is 2.42. The SMILES string of the molecule is Cc1ccccc1C(OCCO)c1ccccc1. The van der Waals surface area contributed by atoms with Crippen molar-refractivity contribution in [2.75, 3.05) is 13.2 Å². The Bertz CT molecular complexity index is 479. The van der Waals surface area contributed by atoms with Gasteiger partial charge in [0.25, 0.3) is 0 Å². The van der Waals surface area contributed by atoms with Gasteiger partial charge in [-0.15, -0.1) is 0 Å². The zero-order chi connectivity index (χ0) is 12.8. The van der Waals surface area contributed by atoms with Crippen LogP contribution in [0.15, 0.2) is 54.6 Å². The molecule has 0 fully saturated rings. The van der Waals surface area contributed by atoms with Crippen LogP contribution >= 0.6 is 0 Å². The first-order valence-corrected chi connectivity index (χ1v) is 6.16. The zero-order valence-electron chi connectivity index (χ0n) is 10.5. The zero-order valence-corrected chi connectivity index (χ0v) is 10.5. The highest BCUT2D eigenvalue weighted by Gasteiger charge is 2.15. The van der Waals surface area contributed by atoms with Crippen LogP contribution in [0, 0.1) is 6.92 Å². The monoisotopic (exact) mass is 242 g/mol. The van der Waals surface area contributed by atoms with Crippen LogP contribution in [-0.2, 0) is 4.74 Å². The molecule has 0 radical (unpaired) electrons. The third-order valence-corrected chi connectivity index (χ3v) is 2.95. The van der Waals surface area contributed by atoms with Crippen molar-refractivity contribution in [3.8, 4) is 0 Å². The molecule has 0 amide bonds. The van der Waals surface area contributed by atoms with E-state index in [1.165, 1.54) is 5.56 Å². The highest BCUT2D eigenvalue weighted by atomic mass is 16.5. The highest BCUT2D eigenvalue weighted by molar-refractivity contribution is 5.35. The van der Waals surface area contributed by atoms with Gasteiger partial charge in [0, 0.05) is 0 Å². The first-order chi connectivity index (χ1) is 8.83. The van der Waals surface area contributed by atoms with Gasteiger partial charge in [0.15, 0.2) is 0 Å². The number of hydrogen-bond acceptors (Lipinski definition) is 2. The molecule has 1 unspecified atom stereocenters. The Balaban J connectivity index is 2.34. The van der Waals surface area contributed by atoms with Crippen LogP contribution in [0.4, 0.5) is 0 Å². The van der Waals surface area contributed by atoms with E-state index in [0.717, 1.165) is 11.1 Å². The fourth-order valence-electron chi connectivity index (χ4n) is 2.04. The Morgan fingerprint density at radius 2 is 1.67 bits per heavy atom. The second-order valence-corrected chi connectivity index (χ2v) is 4.24. The van der Waals surface area contributed by atoms with Crippen LogP contribution in [0.3, 0.4) is 0 Å². The molecule has 2 nitrogen and oxygen atoms in total. The molecule has 0 aliphatic carbocycles. The molecule has 0 aliphatic rings. The van der Waals surface area contributed by atoms with Crippen LogP contribution in [0.5, 0.6) is 0 Å². The van der Waals surface area contributed by atoms with E-state index in [4.69, 9.17) is 9.84 Å². The Morgan fingerprint density at radius 1 is 1.00 bits per heavy atom. The molecule has 0 heterocycles. The number of aliphatic hydroxyl groups is 1. The lowest BCUT2D eigenvalue weighted by atomic mass is 9.97. The van der Waals surface area contributed by atoms with E-state index >= 15 is 0 Å². The van der Waals surface area contributed by atoms with Crippen LogP contribution in [-0.4, -0.2) is 18.3 Å². The molecule has 2 aromatic carbocycles. The van der Waals surface area contributed by atoms with E-state index in [9.17, 15) is 0 Å². The van der Waals surface area contributed by atoms with E-state index in [0.29, 0.717) is 6.61 Å². The topological polar surface area (TPSA) is 29.5 Å². The van der Waals surface area contributed by atoms with Gasteiger partial charge in [0.05, 0.1) is 13.2 Å². The second kappa shape index (κ2) is 6.34. The van der Waals surface area contributed by atoms with Crippen LogP contribution in [0.25, 0.3) is 0 Å². The summed E-state index contributed by atoms with van der Waals surface area (Å²) in [6.45, 7) is 2.46. The minimum Gasteiger partial charge on any atom is -0.394 e. The van der Waals surface area contributed by atoms with Crippen molar-refractivity contribution in [3.63, 3.8) is 0 Å². The lowest BCUT2D eigenvalue weighted by Gasteiger charge is -2.20. The van der Waals surface area contributed by atoms with E-state index in [1.54, 1.807) is 0 Å². The molecule has 0 spiro atoms. The summed E-state index contributed by atoms with van der Waals surface area (Å²) >= 11 is 0. The first-order valence-electron chi connectivity index (χ1n) is 6.16. The molecule has 0 saturated carbocycles. The molecule has 2 aromatic rings. The normalized spacial score (nSPS) is 12.3. The Morgan fingerprint density at radius 3 is 2.33 bits per heavy atom. The maximum absolute atomic E-state index is 8.95. The van der Waals surface area contributed by atoms with Gasteiger partial charge in [-0.05, 0) is 23.6 Å². The number of hydrogen-bond donors (Lipinski definition) is 1. The van der Waals surface area contributed by atoms with Gasteiger partial charge < -0.3 is 9.84 Å². The summed E-state index contributed by atoms with van der Waals surface area (Å²) in [4.78, 5) is 0. The smallest absolute Gasteiger partial charge is 0.108 e. The summed E-state index contributed by atoms with van der Waals surface area (Å²) < 4.78 is 5.79. The maximum atomic E-state index is 8.95. The lowest BCUT2D eigenvalue weighted by Crippen LogP contribution is -2.10. The molecule has 0 aromatic heterocycles. The molecule has 0 aliphatic heterocycles. The molecule has 2 rings (SSSR count). The van der Waals surface area contributed by atoms with Gasteiger partial charge in [0.2, 0.25) is 0 Å². The fourth-order valence-corrected chi connectivity index (χ4v) is 2.04. The summed E-state index contributed by atoms with van der Waals surface area (Å²) in [7, 11) is 0. The van der Waals surface area contributed by atoms with Crippen molar-refractivity contribution in [2.45, 2.75) is 13.0 Å². The predicted octanol–water partition coefficient (Wildman–Crippen LogP) is 3.09. The van der Waals surface area contributed by atoms with Crippen LogP contribution in [0.2, 0.25) is 0 Å². The second-order valence-electron chi connectivity index (χ2n) is 4.24. The number of rotatable bonds is 5. The van der Waals surface area contributed by atoms with Gasteiger partial charge in [0.1, 0.15) is 6.10 Å². The quantitative estimate of drug-likeness (QED) is 0.873. The molecular formula is C16H18O2. The minimum atomic E-state index is -0.112. The summed E-state index contributed by atoms with van der Waals surface area (Å²) in [5.74, 6) is 0. The van der Waals surface area contributed by atoms with Crippen molar-refractivity contribution in [3.05, 3.63) is 71.3 Å². The Kier molecular flexibility index (Phi) is 4.51. The lowest BCUT2D eigenvalue weighted by molar-refractivity contribution is 0.0498. The highest BCUT2D eigenvalue weighted by Crippen LogP contribution is 2.28. The Hall–Kier alpha value is -1.64. The minimum absolute atomic E-state index is 0.0369. The third-order valence-electron chi connectivity index (χ3n) is 2.95. The molecular weight excluding hydrogens is 224 g/mol. The van der Waals surface area contributed by atoms with Crippen molar-refractivity contribution in [1.29, 1.82) is 0 Å². The number of ether oxygens (including phenoxy) is 1. The molecule has 94 valence electrons. The summed E-state index contributed by atoms with van der Waals surface area (Å²) in [6, 6.07) is 18.3. The molecule has 2 heteroatoms. The van der Waals surface area contributed by atoms with E-state index in [1.807, 2.05) is 30.3 Å². The molecule has 0 bridgehead atoms. The third kappa shape index (κ3) is 2.97. The summed E-state index contributed by atoms with van der Waals surface area (Å²) in [5.41, 5.74) is 3.46. The predicted molar refractivity (Wildman–Crippen MR) is 72.5 cm³/mol. The standard InChI is InChI=1S/C16H18O2/c1-13-7-5-6-10-15(13)16(18-12-11-17)14-8-3-2-4-9-14/h2-10,16-17H,11-12H2,1H3. The van der Waals surface area contributed by atoms with Gasteiger partial charge in [-0.3, -0.25) is 0 Å². The van der Waals surface area contributed by atoms with E-state index in [2.05, 4.69) is 31.2 Å². The molecule has 18 heavy (non-hydrogen) atoms. The van der Waals surface area contributed by atoms with Gasteiger partial charge in [-0.2, -0.15) is 0 Å². The van der Waals surface area contributed by atoms with E-state index < -0.39 is 0 Å². The van der Waals surface area contributed by atoms with Gasteiger partial charge in [-0.25, -0.2) is 0 Å². The molecule has 1 N–H and O–H groups in total.